The summed E-state index contributed by atoms with van der Waals surface area (Å²) in [5, 5.41) is 43.2. The highest BCUT2D eigenvalue weighted by molar-refractivity contribution is 7.70. The van der Waals surface area contributed by atoms with Crippen LogP contribution in [0.15, 0.2) is 24.3 Å². The first-order valence-electron chi connectivity index (χ1n) is 13.8. The number of amides is 4. The lowest BCUT2D eigenvalue weighted by Gasteiger charge is -2.38. The van der Waals surface area contributed by atoms with Gasteiger partial charge in [-0.05, 0) is 31.0 Å². The van der Waals surface area contributed by atoms with Crippen LogP contribution in [0.3, 0.4) is 0 Å². The van der Waals surface area contributed by atoms with E-state index in [-0.39, 0.29) is 51.4 Å². The van der Waals surface area contributed by atoms with Crippen molar-refractivity contribution in [2.75, 3.05) is 57.7 Å². The molecule has 1 saturated heterocycles. The van der Waals surface area contributed by atoms with Crippen LogP contribution in [0, 0.1) is 0 Å². The maximum atomic E-state index is 12.3. The third kappa shape index (κ3) is 12.7. The highest BCUT2D eigenvalue weighted by atomic mass is 31.2. The molecule has 23 heteroatoms. The maximum Gasteiger partial charge on any atom is 0.407 e. The fourth-order valence-electron chi connectivity index (χ4n) is 4.86. The molecule has 0 saturated carbocycles. The molecule has 1 aliphatic rings. The summed E-state index contributed by atoms with van der Waals surface area (Å²) >= 11 is 0. The SMILES string of the molecule is CC1CN(C(=O)O)CC(Cc2ccc(NC(=O)CNC(P(=O)(O)O)P(=O)(O)O)cc2)N(C(=O)O)CCN(C(=O)O)CCN1CC(=O)O. The van der Waals surface area contributed by atoms with Gasteiger partial charge >= 0.3 is 39.4 Å². The standard InChI is InChI=1S/C24H38N6O15P2/c1-15-12-29(23(36)37)13-18(30(24(38)39)9-8-27(22(34)35)6-7-28(15)14-20(32)33)10-16-2-4-17(5-3-16)26-19(31)11-25-21(46(40,41)42)47(43,44)45/h2-5,15,18,21,25H,6-14H2,1H3,(H,26,31)(H,32,33)(H,34,35)(H,36,37)(H,38,39)(H2,40,41,42)(H2,43,44,45). The summed E-state index contributed by atoms with van der Waals surface area (Å²) in [5.74, 6) is -2.11. The van der Waals surface area contributed by atoms with Crippen LogP contribution in [0.5, 0.6) is 0 Å². The quantitative estimate of drug-likeness (QED) is 0.137. The Morgan fingerprint density at radius 1 is 0.809 bits per heavy atom. The minimum absolute atomic E-state index is 0.0450. The van der Waals surface area contributed by atoms with Crippen molar-refractivity contribution in [1.82, 2.24) is 24.9 Å². The van der Waals surface area contributed by atoms with Gasteiger partial charge < -0.3 is 60.0 Å². The van der Waals surface area contributed by atoms with E-state index >= 15 is 0 Å². The molecule has 1 aromatic carbocycles. The Hall–Kier alpha value is -3.81. The molecule has 1 aliphatic heterocycles. The van der Waals surface area contributed by atoms with Gasteiger partial charge in [0.15, 0.2) is 0 Å². The fraction of sp³-hybridized carbons (Fsp3) is 0.542. The average Bonchev–Trinajstić information content (AvgIpc) is 2.91. The normalized spacial score (nSPS) is 19.1. The van der Waals surface area contributed by atoms with Crippen LogP contribution in [0.1, 0.15) is 12.5 Å². The van der Waals surface area contributed by atoms with Crippen molar-refractivity contribution in [2.45, 2.75) is 31.0 Å². The highest BCUT2D eigenvalue weighted by Gasteiger charge is 2.43. The number of carboxylic acid groups (broad SMARTS) is 4. The Kier molecular flexibility index (Phi) is 14.1. The van der Waals surface area contributed by atoms with Gasteiger partial charge in [-0.2, -0.15) is 0 Å². The minimum Gasteiger partial charge on any atom is -0.480 e. The third-order valence-electron chi connectivity index (χ3n) is 7.16. The first-order chi connectivity index (χ1) is 21.7. The van der Waals surface area contributed by atoms with E-state index in [0.717, 1.165) is 14.7 Å². The molecule has 264 valence electrons. The van der Waals surface area contributed by atoms with Crippen LogP contribution in [0.2, 0.25) is 0 Å². The van der Waals surface area contributed by atoms with Crippen molar-refractivity contribution in [3.63, 3.8) is 0 Å². The summed E-state index contributed by atoms with van der Waals surface area (Å²) in [5.41, 5.74) is -1.98. The molecule has 1 aromatic rings. The molecule has 21 nitrogen and oxygen atoms in total. The zero-order valence-electron chi connectivity index (χ0n) is 25.0. The largest absolute Gasteiger partial charge is 0.480 e. The zero-order valence-corrected chi connectivity index (χ0v) is 26.8. The number of nitrogens with one attached hydrogen (secondary N) is 2. The summed E-state index contributed by atoms with van der Waals surface area (Å²) in [7, 11) is -10.6. The van der Waals surface area contributed by atoms with Crippen LogP contribution in [0.4, 0.5) is 20.1 Å². The zero-order chi connectivity index (χ0) is 35.7. The summed E-state index contributed by atoms with van der Waals surface area (Å²) in [6.07, 6.45) is -4.26. The number of carbonyl (C=O) groups excluding carboxylic acids is 1. The number of hydrogen-bond donors (Lipinski definition) is 10. The van der Waals surface area contributed by atoms with Crippen LogP contribution < -0.4 is 10.6 Å². The van der Waals surface area contributed by atoms with Crippen molar-refractivity contribution < 1.29 is 73.1 Å². The Bertz CT molecular complexity index is 1370. The molecule has 0 bridgehead atoms. The van der Waals surface area contributed by atoms with Gasteiger partial charge in [0.2, 0.25) is 11.4 Å². The van der Waals surface area contributed by atoms with Gasteiger partial charge in [-0.15, -0.1) is 0 Å². The van der Waals surface area contributed by atoms with E-state index in [1.807, 2.05) is 5.32 Å². The molecular weight excluding hydrogens is 674 g/mol. The highest BCUT2D eigenvalue weighted by Crippen LogP contribution is 2.58. The van der Waals surface area contributed by atoms with Crippen molar-refractivity contribution in [2.24, 2.45) is 0 Å². The number of nitrogens with zero attached hydrogens (tertiary/aromatic N) is 4. The minimum atomic E-state index is -5.32. The van der Waals surface area contributed by atoms with Gasteiger partial charge in [-0.25, -0.2) is 14.4 Å². The molecule has 0 spiro atoms. The molecule has 0 aromatic heterocycles. The summed E-state index contributed by atoms with van der Waals surface area (Å²) in [6, 6.07) is 3.97. The lowest BCUT2D eigenvalue weighted by atomic mass is 10.0. The maximum absolute atomic E-state index is 12.3. The van der Waals surface area contributed by atoms with E-state index < -0.39 is 76.0 Å². The van der Waals surface area contributed by atoms with Gasteiger partial charge in [0.1, 0.15) is 0 Å². The van der Waals surface area contributed by atoms with E-state index in [1.54, 1.807) is 6.92 Å². The van der Waals surface area contributed by atoms with Gasteiger partial charge in [-0.1, -0.05) is 12.1 Å². The first kappa shape index (κ1) is 39.4. The van der Waals surface area contributed by atoms with Gasteiger partial charge in [0, 0.05) is 51.0 Å². The first-order valence-corrected chi connectivity index (χ1v) is 17.2. The molecule has 2 rings (SSSR count). The van der Waals surface area contributed by atoms with E-state index in [2.05, 4.69) is 5.32 Å². The molecule has 47 heavy (non-hydrogen) atoms. The number of carbonyl (C=O) groups is 5. The molecule has 10 N–H and O–H groups in total. The lowest BCUT2D eigenvalue weighted by Crippen LogP contribution is -2.56. The molecule has 0 aliphatic carbocycles. The smallest absolute Gasteiger partial charge is 0.407 e. The molecule has 1 fully saturated rings. The van der Waals surface area contributed by atoms with Crippen LogP contribution in [-0.2, 0) is 25.1 Å². The third-order valence-corrected chi connectivity index (χ3v) is 10.6. The van der Waals surface area contributed by atoms with Crippen LogP contribution >= 0.6 is 15.2 Å². The molecule has 1 heterocycles. The molecule has 2 atom stereocenters. The molecule has 2 unspecified atom stereocenters. The summed E-state index contributed by atoms with van der Waals surface area (Å²) in [6.45, 7) is -1.20. The van der Waals surface area contributed by atoms with Crippen molar-refractivity contribution in [3.05, 3.63) is 29.8 Å². The van der Waals surface area contributed by atoms with E-state index in [1.165, 1.54) is 29.2 Å². The summed E-state index contributed by atoms with van der Waals surface area (Å²) in [4.78, 5) is 101. The average molecular weight is 713 g/mol. The van der Waals surface area contributed by atoms with Crippen molar-refractivity contribution >= 4 is 51.0 Å². The molecule has 0 radical (unpaired) electrons. The van der Waals surface area contributed by atoms with E-state index in [4.69, 9.17) is 19.6 Å². The number of aliphatic carboxylic acids is 1. The van der Waals surface area contributed by atoms with E-state index in [9.17, 15) is 53.5 Å². The monoisotopic (exact) mass is 712 g/mol. The predicted molar refractivity (Wildman–Crippen MR) is 161 cm³/mol. The topological polar surface area (TPSA) is 318 Å². The van der Waals surface area contributed by atoms with E-state index in [0.29, 0.717) is 5.56 Å². The second kappa shape index (κ2) is 16.8. The van der Waals surface area contributed by atoms with Crippen LogP contribution in [-0.4, -0.2) is 160 Å². The number of carboxylic acids is 1. The Morgan fingerprint density at radius 2 is 1.36 bits per heavy atom. The second-order valence-corrected chi connectivity index (χ2v) is 14.5. The predicted octanol–water partition coefficient (Wildman–Crippen LogP) is -0.506. The lowest BCUT2D eigenvalue weighted by molar-refractivity contribution is -0.139. The molecular formula is C24H38N6O15P2. The number of hydrogen-bond acceptors (Lipinski definition) is 9. The second-order valence-electron chi connectivity index (χ2n) is 10.7. The van der Waals surface area contributed by atoms with Crippen LogP contribution in [0.25, 0.3) is 0 Å². The Balaban J connectivity index is 2.29. The molecule has 4 amide bonds. The van der Waals surface area contributed by atoms with Crippen molar-refractivity contribution in [3.8, 4) is 0 Å². The van der Waals surface area contributed by atoms with Crippen molar-refractivity contribution in [1.29, 1.82) is 0 Å². The Morgan fingerprint density at radius 3 is 1.85 bits per heavy atom. The van der Waals surface area contributed by atoms with Gasteiger partial charge in [0.05, 0.1) is 19.1 Å². The fourth-order valence-corrected chi connectivity index (χ4v) is 7.08. The Labute approximate surface area is 267 Å². The number of anilines is 1. The summed E-state index contributed by atoms with van der Waals surface area (Å²) < 4.78 is 22.8. The van der Waals surface area contributed by atoms with Gasteiger partial charge in [-0.3, -0.25) is 28.9 Å². The number of benzene rings is 1. The van der Waals surface area contributed by atoms with Gasteiger partial charge in [0.25, 0.3) is 0 Å². The number of rotatable bonds is 10.